The Morgan fingerprint density at radius 3 is 2.74 bits per heavy atom. The smallest absolute Gasteiger partial charge is 0.267 e. The van der Waals surface area contributed by atoms with E-state index < -0.39 is 0 Å². The quantitative estimate of drug-likeness (QED) is 0.873. The normalized spacial score (nSPS) is 11.6. The summed E-state index contributed by atoms with van der Waals surface area (Å²) in [6, 6.07) is 0. The van der Waals surface area contributed by atoms with Gasteiger partial charge in [-0.3, -0.25) is 4.79 Å². The summed E-state index contributed by atoms with van der Waals surface area (Å²) in [6.45, 7) is 6.59. The van der Waals surface area contributed by atoms with E-state index in [1.54, 1.807) is 17.5 Å². The predicted molar refractivity (Wildman–Crippen MR) is 76.5 cm³/mol. The number of hydrogen-bond acceptors (Lipinski definition) is 6. The van der Waals surface area contributed by atoms with E-state index in [0.717, 1.165) is 22.9 Å². The first-order valence-electron chi connectivity index (χ1n) is 5.85. The van der Waals surface area contributed by atoms with Crippen LogP contribution in [0.5, 0.6) is 0 Å². The number of carbonyl (C=O) groups is 1. The lowest BCUT2D eigenvalue weighted by Gasteiger charge is -2.19. The van der Waals surface area contributed by atoms with Crippen LogP contribution in [-0.4, -0.2) is 32.4 Å². The number of aromatic nitrogens is 3. The van der Waals surface area contributed by atoms with Crippen molar-refractivity contribution >= 4 is 28.8 Å². The minimum absolute atomic E-state index is 0.0482. The van der Waals surface area contributed by atoms with E-state index in [-0.39, 0.29) is 11.3 Å². The van der Waals surface area contributed by atoms with Gasteiger partial charge >= 0.3 is 0 Å². The Balaban J connectivity index is 2.18. The molecule has 5 nitrogen and oxygen atoms in total. The average Bonchev–Trinajstić information content (AvgIpc) is 2.96. The molecule has 2 heterocycles. The van der Waals surface area contributed by atoms with Gasteiger partial charge in [-0.2, -0.15) is 0 Å². The third kappa shape index (κ3) is 3.16. The van der Waals surface area contributed by atoms with Gasteiger partial charge in [0.05, 0.1) is 23.4 Å². The van der Waals surface area contributed by atoms with E-state index in [1.165, 1.54) is 11.3 Å². The molecule has 0 aliphatic carbocycles. The highest BCUT2D eigenvalue weighted by atomic mass is 32.1. The highest BCUT2D eigenvalue weighted by Gasteiger charge is 2.28. The molecule has 2 rings (SSSR count). The number of rotatable bonds is 3. The van der Waals surface area contributed by atoms with E-state index in [2.05, 4.69) is 14.6 Å². The Bertz CT molecular complexity index is 557. The number of nitrogens with zero attached hydrogens (tertiary/aromatic N) is 4. The van der Waals surface area contributed by atoms with Gasteiger partial charge in [0.1, 0.15) is 4.88 Å². The van der Waals surface area contributed by atoms with Gasteiger partial charge in [-0.25, -0.2) is 4.98 Å². The standard InChI is InChI=1S/C12H16N4OS2/c1-12(2,3)10-9(19-15-14-10)11(17)16(4)5-8-6-18-7-13-8/h6-7H,5H2,1-4H3. The fourth-order valence-corrected chi connectivity index (χ4v) is 3.05. The van der Waals surface area contributed by atoms with Crippen molar-refractivity contribution in [2.45, 2.75) is 32.7 Å². The lowest BCUT2D eigenvalue weighted by molar-refractivity contribution is 0.0785. The largest absolute Gasteiger partial charge is 0.335 e. The first kappa shape index (κ1) is 14.1. The molecule has 0 spiro atoms. The van der Waals surface area contributed by atoms with Crippen molar-refractivity contribution in [1.82, 2.24) is 19.5 Å². The summed E-state index contributed by atoms with van der Waals surface area (Å²) >= 11 is 2.68. The van der Waals surface area contributed by atoms with Crippen molar-refractivity contribution in [3.05, 3.63) is 27.2 Å². The average molecular weight is 296 g/mol. The summed E-state index contributed by atoms with van der Waals surface area (Å²) in [6.07, 6.45) is 0. The lowest BCUT2D eigenvalue weighted by atomic mass is 9.91. The van der Waals surface area contributed by atoms with Gasteiger partial charge in [0.15, 0.2) is 0 Å². The summed E-state index contributed by atoms with van der Waals surface area (Å²) in [5.41, 5.74) is 3.24. The maximum absolute atomic E-state index is 12.4. The molecule has 0 saturated heterocycles. The highest BCUT2D eigenvalue weighted by Crippen LogP contribution is 2.26. The second kappa shape index (κ2) is 5.34. The monoisotopic (exact) mass is 296 g/mol. The van der Waals surface area contributed by atoms with Gasteiger partial charge in [0.25, 0.3) is 5.91 Å². The van der Waals surface area contributed by atoms with Gasteiger partial charge < -0.3 is 4.90 Å². The van der Waals surface area contributed by atoms with Crippen LogP contribution in [0.25, 0.3) is 0 Å². The van der Waals surface area contributed by atoms with Gasteiger partial charge in [0.2, 0.25) is 0 Å². The number of amides is 1. The number of thiazole rings is 1. The topological polar surface area (TPSA) is 59.0 Å². The zero-order valence-electron chi connectivity index (χ0n) is 11.4. The zero-order chi connectivity index (χ0) is 14.0. The highest BCUT2D eigenvalue weighted by molar-refractivity contribution is 7.08. The molecule has 2 aromatic heterocycles. The molecule has 0 aromatic carbocycles. The van der Waals surface area contributed by atoms with E-state index in [9.17, 15) is 4.79 Å². The molecule has 0 unspecified atom stereocenters. The van der Waals surface area contributed by atoms with Crippen LogP contribution in [0.2, 0.25) is 0 Å². The van der Waals surface area contributed by atoms with Crippen LogP contribution < -0.4 is 0 Å². The molecule has 102 valence electrons. The summed E-state index contributed by atoms with van der Waals surface area (Å²) in [5.74, 6) is -0.0482. The SMILES string of the molecule is CN(Cc1cscn1)C(=O)c1snnc1C(C)(C)C. The molecule has 2 aromatic rings. The van der Waals surface area contributed by atoms with E-state index >= 15 is 0 Å². The molecule has 0 fully saturated rings. The Labute approximate surface area is 120 Å². The van der Waals surface area contributed by atoms with Crippen molar-refractivity contribution in [3.8, 4) is 0 Å². The minimum Gasteiger partial charge on any atom is -0.335 e. The van der Waals surface area contributed by atoms with Crippen molar-refractivity contribution in [3.63, 3.8) is 0 Å². The fourth-order valence-electron chi connectivity index (χ4n) is 1.63. The molecule has 0 atom stereocenters. The van der Waals surface area contributed by atoms with Crippen LogP contribution >= 0.6 is 22.9 Å². The lowest BCUT2D eigenvalue weighted by Crippen LogP contribution is -2.28. The molecule has 0 aliphatic rings. The van der Waals surface area contributed by atoms with Crippen molar-refractivity contribution < 1.29 is 4.79 Å². The van der Waals surface area contributed by atoms with Crippen LogP contribution in [0, 0.1) is 0 Å². The van der Waals surface area contributed by atoms with Crippen LogP contribution in [-0.2, 0) is 12.0 Å². The van der Waals surface area contributed by atoms with Crippen molar-refractivity contribution in [1.29, 1.82) is 0 Å². The maximum Gasteiger partial charge on any atom is 0.267 e. The minimum atomic E-state index is -0.181. The zero-order valence-corrected chi connectivity index (χ0v) is 13.0. The molecular formula is C12H16N4OS2. The Morgan fingerprint density at radius 2 is 2.16 bits per heavy atom. The summed E-state index contributed by atoms with van der Waals surface area (Å²) in [5, 5.41) is 6.04. The fraction of sp³-hybridized carbons (Fsp3) is 0.500. The van der Waals surface area contributed by atoms with Gasteiger partial charge in [-0.15, -0.1) is 16.4 Å². The molecule has 0 bridgehead atoms. The van der Waals surface area contributed by atoms with Gasteiger partial charge in [0, 0.05) is 17.8 Å². The first-order valence-corrected chi connectivity index (χ1v) is 7.56. The molecule has 19 heavy (non-hydrogen) atoms. The summed E-state index contributed by atoms with van der Waals surface area (Å²) in [7, 11) is 1.77. The van der Waals surface area contributed by atoms with Gasteiger partial charge in [-0.1, -0.05) is 25.3 Å². The second-order valence-corrected chi connectivity index (χ2v) is 6.81. The third-order valence-corrected chi connectivity index (χ3v) is 3.97. The van der Waals surface area contributed by atoms with Gasteiger partial charge in [-0.05, 0) is 11.5 Å². The second-order valence-electron chi connectivity index (χ2n) is 5.34. The Kier molecular flexibility index (Phi) is 3.96. The molecule has 0 N–H and O–H groups in total. The molecule has 1 amide bonds. The molecule has 7 heteroatoms. The Morgan fingerprint density at radius 1 is 1.42 bits per heavy atom. The first-order chi connectivity index (χ1) is 8.89. The van der Waals surface area contributed by atoms with Crippen LogP contribution in [0.3, 0.4) is 0 Å². The summed E-state index contributed by atoms with van der Waals surface area (Å²) < 4.78 is 3.92. The maximum atomic E-state index is 12.4. The molecule has 0 aliphatic heterocycles. The van der Waals surface area contributed by atoms with E-state index in [4.69, 9.17) is 0 Å². The van der Waals surface area contributed by atoms with Crippen LogP contribution in [0.1, 0.15) is 41.8 Å². The number of carbonyl (C=O) groups excluding carboxylic acids is 1. The Hall–Kier alpha value is -1.34. The third-order valence-electron chi connectivity index (χ3n) is 2.62. The van der Waals surface area contributed by atoms with E-state index in [1.807, 2.05) is 26.2 Å². The molecular weight excluding hydrogens is 280 g/mol. The molecule has 0 saturated carbocycles. The predicted octanol–water partition coefficient (Wildman–Crippen LogP) is 2.56. The van der Waals surface area contributed by atoms with Crippen molar-refractivity contribution in [2.24, 2.45) is 0 Å². The molecule has 0 radical (unpaired) electrons. The van der Waals surface area contributed by atoms with Crippen LogP contribution in [0.4, 0.5) is 0 Å². The summed E-state index contributed by atoms with van der Waals surface area (Å²) in [4.78, 5) is 18.9. The van der Waals surface area contributed by atoms with E-state index in [0.29, 0.717) is 11.4 Å². The van der Waals surface area contributed by atoms with Crippen molar-refractivity contribution in [2.75, 3.05) is 7.05 Å². The van der Waals surface area contributed by atoms with Crippen LogP contribution in [0.15, 0.2) is 10.9 Å². The number of hydrogen-bond donors (Lipinski definition) is 0.